The minimum Gasteiger partial charge on any atom is -0.377 e. The monoisotopic (exact) mass is 315 g/mol. The van der Waals surface area contributed by atoms with E-state index >= 15 is 0 Å². The number of aryl methyl sites for hydroxylation is 2. The van der Waals surface area contributed by atoms with Crippen molar-refractivity contribution < 1.29 is 9.53 Å². The van der Waals surface area contributed by atoms with Crippen molar-refractivity contribution in [3.63, 3.8) is 0 Å². The van der Waals surface area contributed by atoms with Crippen LogP contribution in [0.25, 0.3) is 0 Å². The highest BCUT2D eigenvalue weighted by Gasteiger charge is 2.27. The molecular weight excluding hydrogens is 294 g/mol. The summed E-state index contributed by atoms with van der Waals surface area (Å²) >= 11 is 0. The lowest BCUT2D eigenvalue weighted by atomic mass is 10.1. The first-order valence-corrected chi connectivity index (χ1v) is 7.83. The van der Waals surface area contributed by atoms with E-state index in [0.29, 0.717) is 26.3 Å². The third kappa shape index (κ3) is 3.92. The van der Waals surface area contributed by atoms with Gasteiger partial charge in [0.15, 0.2) is 0 Å². The molecule has 1 fully saturated rings. The third-order valence-corrected chi connectivity index (χ3v) is 4.12. The van der Waals surface area contributed by atoms with Crippen LogP contribution in [-0.4, -0.2) is 56.1 Å². The predicted octanol–water partition coefficient (Wildman–Crippen LogP) is 0.842. The Morgan fingerprint density at radius 1 is 1.35 bits per heavy atom. The van der Waals surface area contributed by atoms with Crippen molar-refractivity contribution in [3.05, 3.63) is 42.5 Å². The van der Waals surface area contributed by atoms with E-state index in [1.54, 1.807) is 35.7 Å². The van der Waals surface area contributed by atoms with E-state index in [4.69, 9.17) is 4.74 Å². The molecule has 1 aliphatic heterocycles. The molecule has 1 aliphatic rings. The van der Waals surface area contributed by atoms with E-state index < -0.39 is 0 Å². The second-order valence-corrected chi connectivity index (χ2v) is 5.68. The summed E-state index contributed by atoms with van der Waals surface area (Å²) in [4.78, 5) is 27.1. The maximum atomic E-state index is 12.5. The number of hydrogen-bond donors (Lipinski definition) is 0. The highest BCUT2D eigenvalue weighted by atomic mass is 16.5. The van der Waals surface area contributed by atoms with E-state index in [1.165, 1.54) is 0 Å². The first-order valence-electron chi connectivity index (χ1n) is 7.83. The molecule has 7 heteroatoms. The third-order valence-electron chi connectivity index (χ3n) is 4.12. The predicted molar refractivity (Wildman–Crippen MR) is 83.6 cm³/mol. The summed E-state index contributed by atoms with van der Waals surface area (Å²) in [5.41, 5.74) is 1.93. The molecule has 3 heterocycles. The minimum absolute atomic E-state index is 0.0844. The molecule has 23 heavy (non-hydrogen) atoms. The van der Waals surface area contributed by atoms with E-state index in [0.717, 1.165) is 24.2 Å². The number of ether oxygens (including phenoxy) is 1. The molecule has 1 amide bonds. The van der Waals surface area contributed by atoms with Crippen LogP contribution in [0, 0.1) is 6.92 Å². The van der Waals surface area contributed by atoms with E-state index in [-0.39, 0.29) is 11.9 Å². The van der Waals surface area contributed by atoms with Gasteiger partial charge >= 0.3 is 0 Å². The van der Waals surface area contributed by atoms with Gasteiger partial charge in [-0.15, -0.1) is 0 Å². The van der Waals surface area contributed by atoms with Crippen LogP contribution in [0.4, 0.5) is 0 Å². The van der Waals surface area contributed by atoms with Gasteiger partial charge in [-0.2, -0.15) is 0 Å². The Bertz CT molecular complexity index is 644. The number of hydrogen-bond acceptors (Lipinski definition) is 5. The average molecular weight is 315 g/mol. The van der Waals surface area contributed by atoms with Gasteiger partial charge in [-0.1, -0.05) is 0 Å². The second-order valence-electron chi connectivity index (χ2n) is 5.68. The van der Waals surface area contributed by atoms with Crippen LogP contribution in [0.15, 0.2) is 31.1 Å². The number of rotatable bonds is 5. The molecule has 0 saturated carbocycles. The number of carbonyl (C=O) groups excluding carboxylic acids is 1. The Morgan fingerprint density at radius 3 is 3.00 bits per heavy atom. The molecule has 122 valence electrons. The fraction of sp³-hybridized carbons (Fsp3) is 0.500. The largest absolute Gasteiger partial charge is 0.377 e. The van der Waals surface area contributed by atoms with Gasteiger partial charge in [0.2, 0.25) is 5.91 Å². The lowest BCUT2D eigenvalue weighted by molar-refractivity contribution is -0.140. The van der Waals surface area contributed by atoms with E-state index in [9.17, 15) is 4.79 Å². The summed E-state index contributed by atoms with van der Waals surface area (Å²) in [6, 6.07) is 0.0844. The van der Waals surface area contributed by atoms with Crippen LogP contribution < -0.4 is 0 Å². The van der Waals surface area contributed by atoms with Crippen molar-refractivity contribution >= 4 is 5.91 Å². The minimum atomic E-state index is 0.0844. The zero-order valence-corrected chi connectivity index (χ0v) is 13.3. The Hall–Kier alpha value is -2.28. The van der Waals surface area contributed by atoms with Gasteiger partial charge in [0.05, 0.1) is 37.0 Å². The molecule has 0 aliphatic carbocycles. The maximum absolute atomic E-state index is 12.5. The summed E-state index contributed by atoms with van der Waals surface area (Å²) in [5, 5.41) is 0. The summed E-state index contributed by atoms with van der Waals surface area (Å²) in [5.74, 6) is 0.104. The molecule has 2 aromatic heterocycles. The van der Waals surface area contributed by atoms with Crippen molar-refractivity contribution in [2.24, 2.45) is 0 Å². The van der Waals surface area contributed by atoms with Gasteiger partial charge < -0.3 is 14.2 Å². The topological polar surface area (TPSA) is 73.1 Å². The summed E-state index contributed by atoms with van der Waals surface area (Å²) in [7, 11) is 0. The van der Waals surface area contributed by atoms with Crippen molar-refractivity contribution in [1.82, 2.24) is 24.4 Å². The quantitative estimate of drug-likeness (QED) is 0.817. The van der Waals surface area contributed by atoms with Gasteiger partial charge in [0, 0.05) is 31.3 Å². The van der Waals surface area contributed by atoms with Crippen LogP contribution in [0.2, 0.25) is 0 Å². The highest BCUT2D eigenvalue weighted by molar-refractivity contribution is 5.76. The molecule has 0 N–H and O–H groups in total. The van der Waals surface area contributed by atoms with Gasteiger partial charge in [-0.3, -0.25) is 14.8 Å². The zero-order valence-electron chi connectivity index (χ0n) is 13.3. The number of aromatic nitrogens is 4. The average Bonchev–Trinajstić information content (AvgIpc) is 3.07. The Morgan fingerprint density at radius 2 is 2.22 bits per heavy atom. The standard InChI is InChI=1S/C16H21N5O2/c1-13-15(19-5-4-18-13)3-2-14-11-23-9-8-21(14)16(22)10-20-7-6-17-12-20/h4-7,12,14H,2-3,8-11H2,1H3. The van der Waals surface area contributed by atoms with Crippen LogP contribution in [0.3, 0.4) is 0 Å². The molecule has 0 bridgehead atoms. The lowest BCUT2D eigenvalue weighted by Crippen LogP contribution is -2.49. The molecule has 0 spiro atoms. The molecule has 1 unspecified atom stereocenters. The van der Waals surface area contributed by atoms with Gasteiger partial charge in [0.1, 0.15) is 6.54 Å². The first-order chi connectivity index (χ1) is 11.2. The number of nitrogens with zero attached hydrogens (tertiary/aromatic N) is 5. The Balaban J connectivity index is 1.62. The Kier molecular flexibility index (Phi) is 4.97. The van der Waals surface area contributed by atoms with Gasteiger partial charge in [-0.25, -0.2) is 4.98 Å². The molecule has 1 atom stereocenters. The smallest absolute Gasteiger partial charge is 0.242 e. The number of carbonyl (C=O) groups is 1. The fourth-order valence-electron chi connectivity index (χ4n) is 2.83. The SMILES string of the molecule is Cc1nccnc1CCC1COCCN1C(=O)Cn1ccnc1. The van der Waals surface area contributed by atoms with Gasteiger partial charge in [0.25, 0.3) is 0 Å². The van der Waals surface area contributed by atoms with Crippen molar-refractivity contribution in [2.75, 3.05) is 19.8 Å². The van der Waals surface area contributed by atoms with Crippen LogP contribution in [0.1, 0.15) is 17.8 Å². The number of imidazole rings is 1. The fourth-order valence-corrected chi connectivity index (χ4v) is 2.83. The maximum Gasteiger partial charge on any atom is 0.242 e. The number of amides is 1. The highest BCUT2D eigenvalue weighted by Crippen LogP contribution is 2.15. The molecule has 3 rings (SSSR count). The van der Waals surface area contributed by atoms with E-state index in [2.05, 4.69) is 15.0 Å². The van der Waals surface area contributed by atoms with Gasteiger partial charge in [-0.05, 0) is 19.8 Å². The van der Waals surface area contributed by atoms with Crippen molar-refractivity contribution in [2.45, 2.75) is 32.4 Å². The second kappa shape index (κ2) is 7.32. The van der Waals surface area contributed by atoms with Crippen molar-refractivity contribution in [1.29, 1.82) is 0 Å². The molecule has 0 aromatic carbocycles. The van der Waals surface area contributed by atoms with Crippen LogP contribution >= 0.6 is 0 Å². The van der Waals surface area contributed by atoms with E-state index in [1.807, 2.05) is 11.8 Å². The molecule has 1 saturated heterocycles. The molecule has 0 radical (unpaired) electrons. The Labute approximate surface area is 135 Å². The van der Waals surface area contributed by atoms with Crippen LogP contribution in [-0.2, 0) is 22.5 Å². The normalized spacial score (nSPS) is 18.1. The summed E-state index contributed by atoms with van der Waals surface area (Å²) in [6.07, 6.45) is 10.2. The molecular formula is C16H21N5O2. The first kappa shape index (κ1) is 15.6. The summed E-state index contributed by atoms with van der Waals surface area (Å²) in [6.45, 7) is 4.09. The zero-order chi connectivity index (χ0) is 16.1. The molecule has 7 nitrogen and oxygen atoms in total. The molecule has 2 aromatic rings. The number of morpholine rings is 1. The summed E-state index contributed by atoms with van der Waals surface area (Å²) < 4.78 is 7.36. The lowest BCUT2D eigenvalue weighted by Gasteiger charge is -2.35. The van der Waals surface area contributed by atoms with Crippen molar-refractivity contribution in [3.8, 4) is 0 Å². The van der Waals surface area contributed by atoms with Crippen LogP contribution in [0.5, 0.6) is 0 Å².